The Balaban J connectivity index is 2.51. The van der Waals surface area contributed by atoms with Gasteiger partial charge < -0.3 is 9.68 Å². The Hall–Kier alpha value is -1.75. The zero-order valence-corrected chi connectivity index (χ0v) is 8.19. The Bertz CT molecular complexity index is 496. The SMILES string of the molecule is CC#CC1OB(O)c2ccc(C#N)cc21. The summed E-state index contributed by atoms with van der Waals surface area (Å²) in [6, 6.07) is 7.12. The lowest BCUT2D eigenvalue weighted by Gasteiger charge is -2.03. The Morgan fingerprint density at radius 1 is 1.53 bits per heavy atom. The summed E-state index contributed by atoms with van der Waals surface area (Å²) in [5.74, 6) is 5.58. The normalized spacial score (nSPS) is 17.7. The Kier molecular flexibility index (Phi) is 2.47. The van der Waals surface area contributed by atoms with Crippen LogP contribution in [0.2, 0.25) is 0 Å². The fraction of sp³-hybridized carbons (Fsp3) is 0.182. The summed E-state index contributed by atoms with van der Waals surface area (Å²) in [5.41, 5.74) is 2.03. The van der Waals surface area contributed by atoms with E-state index in [0.29, 0.717) is 11.0 Å². The molecule has 1 atom stereocenters. The van der Waals surface area contributed by atoms with Crippen molar-refractivity contribution in [2.24, 2.45) is 0 Å². The first-order valence-electron chi connectivity index (χ1n) is 4.56. The number of hydrogen-bond donors (Lipinski definition) is 1. The zero-order valence-electron chi connectivity index (χ0n) is 8.19. The van der Waals surface area contributed by atoms with E-state index in [-0.39, 0.29) is 0 Å². The molecule has 0 spiro atoms. The van der Waals surface area contributed by atoms with Crippen LogP contribution in [0.3, 0.4) is 0 Å². The highest BCUT2D eigenvalue weighted by Crippen LogP contribution is 2.23. The molecule has 0 amide bonds. The van der Waals surface area contributed by atoms with Gasteiger partial charge in [-0.2, -0.15) is 5.26 Å². The van der Waals surface area contributed by atoms with Crippen LogP contribution in [0.25, 0.3) is 0 Å². The van der Waals surface area contributed by atoms with Gasteiger partial charge in [0.1, 0.15) is 6.10 Å². The molecule has 2 rings (SSSR count). The van der Waals surface area contributed by atoms with Gasteiger partial charge in [-0.05, 0) is 30.1 Å². The number of benzene rings is 1. The molecule has 0 aromatic heterocycles. The van der Waals surface area contributed by atoms with Crippen molar-refractivity contribution in [2.45, 2.75) is 13.0 Å². The minimum absolute atomic E-state index is 0.423. The van der Waals surface area contributed by atoms with Crippen molar-refractivity contribution in [3.8, 4) is 17.9 Å². The molecule has 3 nitrogen and oxygen atoms in total. The second kappa shape index (κ2) is 3.78. The van der Waals surface area contributed by atoms with Crippen molar-refractivity contribution in [1.82, 2.24) is 0 Å². The van der Waals surface area contributed by atoms with Crippen molar-refractivity contribution in [3.05, 3.63) is 29.3 Å². The molecule has 0 aliphatic carbocycles. The van der Waals surface area contributed by atoms with Crippen LogP contribution in [-0.4, -0.2) is 12.1 Å². The van der Waals surface area contributed by atoms with Gasteiger partial charge >= 0.3 is 7.12 Å². The van der Waals surface area contributed by atoms with Gasteiger partial charge in [-0.1, -0.05) is 12.0 Å². The maximum Gasteiger partial charge on any atom is 0.492 e. The first kappa shape index (κ1) is 9.80. The number of nitriles is 1. The third kappa shape index (κ3) is 1.61. The van der Waals surface area contributed by atoms with Crippen molar-refractivity contribution in [2.75, 3.05) is 0 Å². The Morgan fingerprint density at radius 2 is 2.33 bits per heavy atom. The fourth-order valence-electron chi connectivity index (χ4n) is 1.61. The second-order valence-electron chi connectivity index (χ2n) is 3.22. The third-order valence-electron chi connectivity index (χ3n) is 2.30. The number of hydrogen-bond acceptors (Lipinski definition) is 3. The van der Waals surface area contributed by atoms with E-state index in [2.05, 4.69) is 11.8 Å². The minimum atomic E-state index is -0.932. The molecular formula is C11H8BNO2. The van der Waals surface area contributed by atoms with Gasteiger partial charge in [-0.15, -0.1) is 5.92 Å². The predicted octanol–water partition coefficient (Wildman–Crippen LogP) is 0.340. The maximum absolute atomic E-state index is 9.57. The van der Waals surface area contributed by atoms with E-state index in [9.17, 15) is 5.02 Å². The molecule has 1 aromatic carbocycles. The molecule has 0 saturated heterocycles. The van der Waals surface area contributed by atoms with E-state index in [1.807, 2.05) is 6.07 Å². The third-order valence-corrected chi connectivity index (χ3v) is 2.30. The van der Waals surface area contributed by atoms with Crippen molar-refractivity contribution >= 4 is 12.6 Å². The van der Waals surface area contributed by atoms with E-state index in [0.717, 1.165) is 5.56 Å². The molecule has 4 heteroatoms. The Morgan fingerprint density at radius 3 is 3.00 bits per heavy atom. The number of rotatable bonds is 0. The first-order chi connectivity index (χ1) is 7.26. The highest BCUT2D eigenvalue weighted by atomic mass is 16.5. The summed E-state index contributed by atoms with van der Waals surface area (Å²) in [7, 11) is -0.932. The Labute approximate surface area is 88.4 Å². The molecule has 1 aliphatic rings. The average Bonchev–Trinajstić information content (AvgIpc) is 2.56. The summed E-state index contributed by atoms with van der Waals surface area (Å²) < 4.78 is 5.24. The summed E-state index contributed by atoms with van der Waals surface area (Å²) >= 11 is 0. The van der Waals surface area contributed by atoms with Gasteiger partial charge in [0.15, 0.2) is 0 Å². The average molecular weight is 197 g/mol. The summed E-state index contributed by atoms with van der Waals surface area (Å²) in [6.45, 7) is 1.71. The maximum atomic E-state index is 9.57. The van der Waals surface area contributed by atoms with Crippen LogP contribution in [0.15, 0.2) is 18.2 Å². The van der Waals surface area contributed by atoms with Gasteiger partial charge in [0.2, 0.25) is 0 Å². The molecule has 1 unspecified atom stereocenters. The van der Waals surface area contributed by atoms with E-state index in [1.165, 1.54) is 0 Å². The topological polar surface area (TPSA) is 53.2 Å². The van der Waals surface area contributed by atoms with E-state index >= 15 is 0 Å². The van der Waals surface area contributed by atoms with Gasteiger partial charge in [0.25, 0.3) is 0 Å². The molecular weight excluding hydrogens is 189 g/mol. The second-order valence-corrected chi connectivity index (χ2v) is 3.22. The highest BCUT2D eigenvalue weighted by molar-refractivity contribution is 6.61. The predicted molar refractivity (Wildman–Crippen MR) is 56.0 cm³/mol. The smallest absolute Gasteiger partial charge is 0.423 e. The van der Waals surface area contributed by atoms with E-state index < -0.39 is 13.2 Å². The summed E-state index contributed by atoms with van der Waals surface area (Å²) in [5, 5.41) is 18.3. The van der Waals surface area contributed by atoms with Crippen molar-refractivity contribution in [1.29, 1.82) is 5.26 Å². The number of fused-ring (bicyclic) bond motifs is 1. The van der Waals surface area contributed by atoms with Gasteiger partial charge in [0.05, 0.1) is 11.6 Å². The van der Waals surface area contributed by atoms with Crippen molar-refractivity contribution < 1.29 is 9.68 Å². The molecule has 0 saturated carbocycles. The molecule has 15 heavy (non-hydrogen) atoms. The van der Waals surface area contributed by atoms with Crippen LogP contribution in [-0.2, 0) is 4.65 Å². The molecule has 1 heterocycles. The zero-order chi connectivity index (χ0) is 10.8. The lowest BCUT2D eigenvalue weighted by Crippen LogP contribution is -2.27. The first-order valence-corrected chi connectivity index (χ1v) is 4.56. The van der Waals surface area contributed by atoms with Gasteiger partial charge in [0, 0.05) is 0 Å². The quantitative estimate of drug-likeness (QED) is 0.481. The van der Waals surface area contributed by atoms with Gasteiger partial charge in [-0.3, -0.25) is 0 Å². The van der Waals surface area contributed by atoms with Crippen LogP contribution in [0.5, 0.6) is 0 Å². The molecule has 0 bridgehead atoms. The summed E-state index contributed by atoms with van der Waals surface area (Å²) in [6.07, 6.45) is -0.423. The molecule has 0 fully saturated rings. The molecule has 0 radical (unpaired) electrons. The number of nitrogens with zero attached hydrogens (tertiary/aromatic N) is 1. The lowest BCUT2D eigenvalue weighted by molar-refractivity contribution is 0.241. The highest BCUT2D eigenvalue weighted by Gasteiger charge is 2.34. The molecule has 1 N–H and O–H groups in total. The lowest BCUT2D eigenvalue weighted by atomic mass is 9.79. The minimum Gasteiger partial charge on any atom is -0.423 e. The molecule has 72 valence electrons. The van der Waals surface area contributed by atoms with Crippen LogP contribution in [0.1, 0.15) is 24.2 Å². The largest absolute Gasteiger partial charge is 0.492 e. The van der Waals surface area contributed by atoms with E-state index in [4.69, 9.17) is 9.92 Å². The van der Waals surface area contributed by atoms with Crippen LogP contribution >= 0.6 is 0 Å². The summed E-state index contributed by atoms with van der Waals surface area (Å²) in [4.78, 5) is 0. The van der Waals surface area contributed by atoms with Gasteiger partial charge in [-0.25, -0.2) is 0 Å². The monoisotopic (exact) mass is 197 g/mol. The fourth-order valence-corrected chi connectivity index (χ4v) is 1.61. The van der Waals surface area contributed by atoms with Crippen LogP contribution < -0.4 is 5.46 Å². The molecule has 1 aromatic rings. The van der Waals surface area contributed by atoms with Crippen LogP contribution in [0.4, 0.5) is 0 Å². The molecule has 1 aliphatic heterocycles. The van der Waals surface area contributed by atoms with E-state index in [1.54, 1.807) is 25.1 Å². The van der Waals surface area contributed by atoms with Crippen LogP contribution in [0, 0.1) is 23.2 Å². The standard InChI is InChI=1S/C11H8BNO2/c1-2-3-11-9-6-8(7-13)4-5-10(9)12(14)15-11/h4-6,11,14H,1H3. The van der Waals surface area contributed by atoms with Crippen molar-refractivity contribution in [3.63, 3.8) is 0 Å².